The molecule has 1 aromatic heterocycles. The van der Waals surface area contributed by atoms with E-state index in [0.29, 0.717) is 25.5 Å². The second-order valence-corrected chi connectivity index (χ2v) is 5.02. The van der Waals surface area contributed by atoms with E-state index in [1.54, 1.807) is 18.1 Å². The third-order valence-corrected chi connectivity index (χ3v) is 2.96. The zero-order valence-corrected chi connectivity index (χ0v) is 12.9. The van der Waals surface area contributed by atoms with Crippen molar-refractivity contribution in [2.24, 2.45) is 0 Å². The van der Waals surface area contributed by atoms with E-state index in [1.807, 2.05) is 13.8 Å². The van der Waals surface area contributed by atoms with Crippen molar-refractivity contribution in [1.29, 1.82) is 0 Å². The van der Waals surface area contributed by atoms with Crippen LogP contribution in [0.1, 0.15) is 36.1 Å². The number of methoxy groups -OCH3 is 1. The number of rotatable bonds is 7. The summed E-state index contributed by atoms with van der Waals surface area (Å²) in [7, 11) is 1.59. The summed E-state index contributed by atoms with van der Waals surface area (Å²) in [6.07, 6.45) is 3.13. The molecule has 0 atom stereocenters. The van der Waals surface area contributed by atoms with Gasteiger partial charge in [0.1, 0.15) is 5.82 Å². The van der Waals surface area contributed by atoms with Crippen molar-refractivity contribution in [3.63, 3.8) is 0 Å². The summed E-state index contributed by atoms with van der Waals surface area (Å²) in [5, 5.41) is 0.255. The molecular formula is C14H20ClN3O2. The third kappa shape index (κ3) is 4.28. The highest BCUT2D eigenvalue weighted by molar-refractivity contribution is 6.33. The molecule has 1 heterocycles. The lowest BCUT2D eigenvalue weighted by atomic mass is 10.2. The predicted octanol–water partition coefficient (Wildman–Crippen LogP) is 2.53. The number of ether oxygens (including phenoxy) is 1. The van der Waals surface area contributed by atoms with Crippen LogP contribution in [0.15, 0.2) is 18.9 Å². The molecule has 110 valence electrons. The van der Waals surface area contributed by atoms with Crippen LogP contribution in [-0.2, 0) is 4.74 Å². The van der Waals surface area contributed by atoms with Crippen LogP contribution in [0, 0.1) is 0 Å². The van der Waals surface area contributed by atoms with Crippen molar-refractivity contribution in [3.05, 3.63) is 35.4 Å². The topological polar surface area (TPSA) is 55.3 Å². The second kappa shape index (κ2) is 7.97. The van der Waals surface area contributed by atoms with Crippen molar-refractivity contribution >= 4 is 17.5 Å². The van der Waals surface area contributed by atoms with Crippen LogP contribution in [0.5, 0.6) is 0 Å². The van der Waals surface area contributed by atoms with Gasteiger partial charge in [-0.1, -0.05) is 31.5 Å². The highest BCUT2D eigenvalue weighted by Crippen LogP contribution is 2.18. The Kier molecular flexibility index (Phi) is 6.61. The fourth-order valence-electron chi connectivity index (χ4n) is 1.59. The molecule has 0 aliphatic carbocycles. The van der Waals surface area contributed by atoms with Gasteiger partial charge in [0, 0.05) is 26.1 Å². The summed E-state index contributed by atoms with van der Waals surface area (Å²) in [5.41, 5.74) is 0.225. The van der Waals surface area contributed by atoms with E-state index >= 15 is 0 Å². The summed E-state index contributed by atoms with van der Waals surface area (Å²) < 4.78 is 5.00. The lowest BCUT2D eigenvalue weighted by Crippen LogP contribution is -2.35. The van der Waals surface area contributed by atoms with Crippen LogP contribution in [0.4, 0.5) is 0 Å². The molecule has 0 saturated heterocycles. The molecular weight excluding hydrogens is 278 g/mol. The van der Waals surface area contributed by atoms with Crippen molar-refractivity contribution in [2.45, 2.75) is 19.8 Å². The van der Waals surface area contributed by atoms with Gasteiger partial charge in [-0.15, -0.1) is 6.58 Å². The van der Waals surface area contributed by atoms with E-state index in [4.69, 9.17) is 16.3 Å². The molecule has 1 aromatic rings. The predicted molar refractivity (Wildman–Crippen MR) is 79.1 cm³/mol. The number of carbonyl (C=O) groups excluding carboxylic acids is 1. The zero-order chi connectivity index (χ0) is 15.1. The van der Waals surface area contributed by atoms with Crippen molar-refractivity contribution < 1.29 is 9.53 Å². The first kappa shape index (κ1) is 16.6. The van der Waals surface area contributed by atoms with Gasteiger partial charge in [-0.25, -0.2) is 9.97 Å². The van der Waals surface area contributed by atoms with Gasteiger partial charge >= 0.3 is 0 Å². The minimum Gasteiger partial charge on any atom is -0.383 e. The maximum atomic E-state index is 12.5. The SMILES string of the molecule is C=CCN(CCOC)C(=O)c1nc(C(C)C)ncc1Cl. The molecule has 0 saturated carbocycles. The summed E-state index contributed by atoms with van der Waals surface area (Å²) >= 11 is 6.04. The van der Waals surface area contributed by atoms with Crippen LogP contribution in [0.3, 0.4) is 0 Å². The van der Waals surface area contributed by atoms with Crippen LogP contribution >= 0.6 is 11.6 Å². The van der Waals surface area contributed by atoms with Crippen molar-refractivity contribution in [1.82, 2.24) is 14.9 Å². The van der Waals surface area contributed by atoms with Gasteiger partial charge in [-0.3, -0.25) is 4.79 Å². The average molecular weight is 298 g/mol. The van der Waals surface area contributed by atoms with Gasteiger partial charge in [-0.05, 0) is 0 Å². The second-order valence-electron chi connectivity index (χ2n) is 4.61. The smallest absolute Gasteiger partial charge is 0.274 e. The van der Waals surface area contributed by atoms with Crippen LogP contribution in [0.25, 0.3) is 0 Å². The zero-order valence-electron chi connectivity index (χ0n) is 12.1. The molecule has 0 fully saturated rings. The van der Waals surface area contributed by atoms with Gasteiger partial charge in [0.05, 0.1) is 17.8 Å². The van der Waals surface area contributed by atoms with E-state index < -0.39 is 0 Å². The highest BCUT2D eigenvalue weighted by atomic mass is 35.5. The molecule has 0 spiro atoms. The number of aromatic nitrogens is 2. The summed E-state index contributed by atoms with van der Waals surface area (Å²) in [5.74, 6) is 0.491. The normalized spacial score (nSPS) is 10.7. The fraction of sp³-hybridized carbons (Fsp3) is 0.500. The number of amides is 1. The number of nitrogens with zero attached hydrogens (tertiary/aromatic N) is 3. The summed E-state index contributed by atoms with van der Waals surface area (Å²) in [6.45, 7) is 8.89. The minimum atomic E-state index is -0.240. The molecule has 5 nitrogen and oxygen atoms in total. The van der Waals surface area contributed by atoms with Gasteiger partial charge in [0.15, 0.2) is 5.69 Å². The largest absolute Gasteiger partial charge is 0.383 e. The van der Waals surface area contributed by atoms with Gasteiger partial charge < -0.3 is 9.64 Å². The lowest BCUT2D eigenvalue weighted by Gasteiger charge is -2.21. The third-order valence-electron chi connectivity index (χ3n) is 2.68. The first-order chi connectivity index (χ1) is 9.51. The highest BCUT2D eigenvalue weighted by Gasteiger charge is 2.20. The van der Waals surface area contributed by atoms with Crippen LogP contribution < -0.4 is 0 Å². The van der Waals surface area contributed by atoms with E-state index in [0.717, 1.165) is 0 Å². The molecule has 1 amide bonds. The summed E-state index contributed by atoms with van der Waals surface area (Å²) in [6, 6.07) is 0. The molecule has 6 heteroatoms. The van der Waals surface area contributed by atoms with Gasteiger partial charge in [0.2, 0.25) is 0 Å². The maximum absolute atomic E-state index is 12.5. The molecule has 0 bridgehead atoms. The lowest BCUT2D eigenvalue weighted by molar-refractivity contribution is 0.0712. The quantitative estimate of drug-likeness (QED) is 0.726. The first-order valence-corrected chi connectivity index (χ1v) is 6.80. The number of hydrogen-bond donors (Lipinski definition) is 0. The van der Waals surface area contributed by atoms with E-state index in [9.17, 15) is 4.79 Å². The Hall–Kier alpha value is -1.46. The Labute approximate surface area is 124 Å². The first-order valence-electron chi connectivity index (χ1n) is 6.42. The fourth-order valence-corrected chi connectivity index (χ4v) is 1.76. The Morgan fingerprint density at radius 3 is 2.85 bits per heavy atom. The average Bonchev–Trinajstić information content (AvgIpc) is 2.43. The Bertz CT molecular complexity index is 477. The molecule has 0 aliphatic heterocycles. The molecule has 0 N–H and O–H groups in total. The van der Waals surface area contributed by atoms with E-state index in [2.05, 4.69) is 16.5 Å². The van der Waals surface area contributed by atoms with Crippen LogP contribution in [-0.4, -0.2) is 47.6 Å². The maximum Gasteiger partial charge on any atom is 0.274 e. The standard InChI is InChI=1S/C14H20ClN3O2/c1-5-6-18(7-8-20-4)14(19)12-11(15)9-16-13(17-12)10(2)3/h5,9-10H,1,6-8H2,2-4H3. The molecule has 20 heavy (non-hydrogen) atoms. The summed E-state index contributed by atoms with van der Waals surface area (Å²) in [4.78, 5) is 22.5. The van der Waals surface area contributed by atoms with Gasteiger partial charge in [0.25, 0.3) is 5.91 Å². The monoisotopic (exact) mass is 297 g/mol. The van der Waals surface area contributed by atoms with Crippen molar-refractivity contribution in [2.75, 3.05) is 26.8 Å². The molecule has 0 unspecified atom stereocenters. The number of halogens is 1. The Morgan fingerprint density at radius 2 is 2.30 bits per heavy atom. The molecule has 0 radical (unpaired) electrons. The van der Waals surface area contributed by atoms with E-state index in [-0.39, 0.29) is 22.5 Å². The van der Waals surface area contributed by atoms with Crippen LogP contribution in [0.2, 0.25) is 5.02 Å². The molecule has 0 aliphatic rings. The number of hydrogen-bond acceptors (Lipinski definition) is 4. The Balaban J connectivity index is 3.03. The minimum absolute atomic E-state index is 0.130. The number of carbonyl (C=O) groups is 1. The van der Waals surface area contributed by atoms with E-state index in [1.165, 1.54) is 6.20 Å². The molecule has 0 aromatic carbocycles. The van der Waals surface area contributed by atoms with Crippen molar-refractivity contribution in [3.8, 4) is 0 Å². The Morgan fingerprint density at radius 1 is 1.60 bits per heavy atom. The molecule has 1 rings (SSSR count). The van der Waals surface area contributed by atoms with Gasteiger partial charge in [-0.2, -0.15) is 0 Å².